The van der Waals surface area contributed by atoms with Crippen molar-refractivity contribution in [2.45, 2.75) is 43.2 Å². The van der Waals surface area contributed by atoms with Gasteiger partial charge in [0.25, 0.3) is 0 Å². The van der Waals surface area contributed by atoms with Crippen molar-refractivity contribution < 1.29 is 58.4 Å². The van der Waals surface area contributed by atoms with Gasteiger partial charge in [0.2, 0.25) is 12.0 Å². The first kappa shape index (κ1) is 25.5. The van der Waals surface area contributed by atoms with E-state index in [0.29, 0.717) is 11.3 Å². The van der Waals surface area contributed by atoms with Gasteiger partial charge in [-0.3, -0.25) is 4.79 Å². The molecule has 0 aliphatic carbocycles. The van der Waals surface area contributed by atoms with Crippen LogP contribution in [0.25, 0.3) is 0 Å². The van der Waals surface area contributed by atoms with E-state index in [1.807, 2.05) is 0 Å². The first-order valence-corrected chi connectivity index (χ1v) is 10.9. The Kier molecular flexibility index (Phi) is 7.22. The molecule has 6 atom stereocenters. The number of carbonyl (C=O) groups is 2. The first-order chi connectivity index (χ1) is 17.2. The zero-order valence-electron chi connectivity index (χ0n) is 19.6. The molecule has 0 radical (unpaired) electrons. The average Bonchev–Trinajstić information content (AvgIpc) is 2.88. The summed E-state index contributed by atoms with van der Waals surface area (Å²) in [5, 5.41) is 41.3. The van der Waals surface area contributed by atoms with Crippen LogP contribution in [0.3, 0.4) is 0 Å². The largest absolute Gasteiger partial charge is 0.507 e. The SMILES string of the molecule is COC(=O)[C@H]1O[C@@H](Oc2cc(O)c3c(c2OC)O[C@H](c2cccc(OC)c2)CC3=O)[C@H](O)[C@@H](O)[C@@H]1O. The second-order valence-corrected chi connectivity index (χ2v) is 8.18. The predicted octanol–water partition coefficient (Wildman–Crippen LogP) is 0.475. The van der Waals surface area contributed by atoms with Gasteiger partial charge < -0.3 is 48.8 Å². The summed E-state index contributed by atoms with van der Waals surface area (Å²) in [6.45, 7) is 0. The van der Waals surface area contributed by atoms with Crippen molar-refractivity contribution in [2.24, 2.45) is 0 Å². The average molecular weight is 506 g/mol. The maximum atomic E-state index is 13.0. The minimum Gasteiger partial charge on any atom is -0.507 e. The third kappa shape index (κ3) is 4.51. The van der Waals surface area contributed by atoms with Crippen LogP contribution in [-0.2, 0) is 14.3 Å². The maximum Gasteiger partial charge on any atom is 0.337 e. The van der Waals surface area contributed by atoms with Crippen molar-refractivity contribution in [3.8, 4) is 28.7 Å². The number of esters is 1. The van der Waals surface area contributed by atoms with Crippen LogP contribution in [0.15, 0.2) is 30.3 Å². The predicted molar refractivity (Wildman–Crippen MR) is 119 cm³/mol. The van der Waals surface area contributed by atoms with E-state index in [1.54, 1.807) is 24.3 Å². The number of aromatic hydroxyl groups is 1. The van der Waals surface area contributed by atoms with Crippen LogP contribution in [-0.4, -0.2) is 84.2 Å². The molecule has 2 aromatic rings. The fourth-order valence-electron chi connectivity index (χ4n) is 4.13. The van der Waals surface area contributed by atoms with E-state index in [-0.39, 0.29) is 29.2 Å². The van der Waals surface area contributed by atoms with Crippen molar-refractivity contribution in [3.63, 3.8) is 0 Å². The summed E-state index contributed by atoms with van der Waals surface area (Å²) in [4.78, 5) is 24.9. The molecule has 12 heteroatoms. The number of phenolic OH excluding ortho intramolecular Hbond substituents is 1. The fourth-order valence-corrected chi connectivity index (χ4v) is 4.13. The van der Waals surface area contributed by atoms with Crippen LogP contribution in [0.5, 0.6) is 28.7 Å². The molecule has 4 rings (SSSR count). The number of rotatable bonds is 6. The number of ether oxygens (including phenoxy) is 6. The van der Waals surface area contributed by atoms with Gasteiger partial charge in [-0.1, -0.05) is 12.1 Å². The molecule has 36 heavy (non-hydrogen) atoms. The van der Waals surface area contributed by atoms with Crippen LogP contribution >= 0.6 is 0 Å². The van der Waals surface area contributed by atoms with E-state index < -0.39 is 54.3 Å². The van der Waals surface area contributed by atoms with Gasteiger partial charge in [0.05, 0.1) is 27.8 Å². The number of benzene rings is 2. The van der Waals surface area contributed by atoms with Gasteiger partial charge in [-0.05, 0) is 17.7 Å². The van der Waals surface area contributed by atoms with Crippen molar-refractivity contribution in [1.29, 1.82) is 0 Å². The molecule has 4 N–H and O–H groups in total. The van der Waals surface area contributed by atoms with E-state index in [4.69, 9.17) is 23.7 Å². The Balaban J connectivity index is 1.69. The van der Waals surface area contributed by atoms with Crippen molar-refractivity contribution in [1.82, 2.24) is 0 Å². The van der Waals surface area contributed by atoms with Gasteiger partial charge in [0.1, 0.15) is 41.5 Å². The number of aliphatic hydroxyl groups excluding tert-OH is 3. The lowest BCUT2D eigenvalue weighted by atomic mass is 9.95. The molecule has 2 heterocycles. The normalized spacial score (nSPS) is 27.4. The monoisotopic (exact) mass is 506 g/mol. The number of aliphatic hydroxyl groups is 3. The van der Waals surface area contributed by atoms with Crippen molar-refractivity contribution >= 4 is 11.8 Å². The zero-order valence-corrected chi connectivity index (χ0v) is 19.6. The van der Waals surface area contributed by atoms with E-state index in [2.05, 4.69) is 4.74 Å². The molecule has 0 amide bonds. The lowest BCUT2D eigenvalue weighted by molar-refractivity contribution is -0.272. The van der Waals surface area contributed by atoms with E-state index in [9.17, 15) is 30.0 Å². The molecule has 194 valence electrons. The minimum absolute atomic E-state index is 0.0631. The fraction of sp³-hybridized carbons (Fsp3) is 0.417. The van der Waals surface area contributed by atoms with E-state index >= 15 is 0 Å². The highest BCUT2D eigenvalue weighted by Crippen LogP contribution is 2.50. The van der Waals surface area contributed by atoms with Gasteiger partial charge in [0, 0.05) is 6.07 Å². The second kappa shape index (κ2) is 10.2. The molecule has 2 aliphatic rings. The topological polar surface area (TPSA) is 170 Å². The Morgan fingerprint density at radius 3 is 2.44 bits per heavy atom. The van der Waals surface area contributed by atoms with Crippen molar-refractivity contribution in [3.05, 3.63) is 41.5 Å². The molecular formula is C24H26O12. The summed E-state index contributed by atoms with van der Waals surface area (Å²) in [5.41, 5.74) is 0.525. The molecule has 2 aromatic carbocycles. The molecule has 2 aliphatic heterocycles. The molecule has 1 fully saturated rings. The highest BCUT2D eigenvalue weighted by atomic mass is 16.7. The summed E-state index contributed by atoms with van der Waals surface area (Å²) in [6, 6.07) is 8.00. The van der Waals surface area contributed by atoms with Crippen LogP contribution in [0.4, 0.5) is 0 Å². The molecule has 0 aromatic heterocycles. The number of phenols is 1. The maximum absolute atomic E-state index is 13.0. The van der Waals surface area contributed by atoms with Gasteiger partial charge in [-0.2, -0.15) is 0 Å². The Morgan fingerprint density at radius 2 is 1.78 bits per heavy atom. The molecule has 0 unspecified atom stereocenters. The Morgan fingerprint density at radius 1 is 1.03 bits per heavy atom. The Labute approximate surface area is 205 Å². The van der Waals surface area contributed by atoms with Gasteiger partial charge in [-0.15, -0.1) is 0 Å². The highest BCUT2D eigenvalue weighted by Gasteiger charge is 2.49. The number of carbonyl (C=O) groups excluding carboxylic acids is 2. The zero-order chi connectivity index (χ0) is 26.1. The summed E-state index contributed by atoms with van der Waals surface area (Å²) in [5.74, 6) is -1.76. The molecule has 12 nitrogen and oxygen atoms in total. The first-order valence-electron chi connectivity index (χ1n) is 10.9. The highest BCUT2D eigenvalue weighted by molar-refractivity contribution is 6.03. The Hall–Kier alpha value is -3.58. The number of methoxy groups -OCH3 is 3. The lowest BCUT2D eigenvalue weighted by Gasteiger charge is -2.39. The summed E-state index contributed by atoms with van der Waals surface area (Å²) in [7, 11) is 3.84. The van der Waals surface area contributed by atoms with Crippen LogP contribution in [0.2, 0.25) is 0 Å². The lowest BCUT2D eigenvalue weighted by Crippen LogP contribution is -2.61. The molecule has 0 saturated carbocycles. The van der Waals surface area contributed by atoms with Gasteiger partial charge in [0.15, 0.2) is 23.4 Å². The molecule has 0 bridgehead atoms. The Bertz CT molecular complexity index is 1150. The van der Waals surface area contributed by atoms with E-state index in [0.717, 1.165) is 13.2 Å². The smallest absolute Gasteiger partial charge is 0.337 e. The molecule has 0 spiro atoms. The van der Waals surface area contributed by atoms with Crippen LogP contribution < -0.4 is 18.9 Å². The number of hydrogen-bond acceptors (Lipinski definition) is 12. The van der Waals surface area contributed by atoms with Crippen molar-refractivity contribution in [2.75, 3.05) is 21.3 Å². The quantitative estimate of drug-likeness (QED) is 0.400. The number of hydrogen-bond donors (Lipinski definition) is 4. The third-order valence-electron chi connectivity index (χ3n) is 6.01. The number of Topliss-reactive ketones (excluding diaryl/α,β-unsaturated/α-hetero) is 1. The minimum atomic E-state index is -1.82. The molecule has 1 saturated heterocycles. The molecular weight excluding hydrogens is 480 g/mol. The summed E-state index contributed by atoms with van der Waals surface area (Å²) < 4.78 is 32.3. The van der Waals surface area contributed by atoms with Crippen LogP contribution in [0.1, 0.15) is 28.4 Å². The standard InChI is InChI=1S/C24H26O12/c1-31-11-6-4-5-10(7-11)14-8-12(25)16-13(26)9-15(20(32-2)21(16)34-14)35-24-19(29)17(27)18(28)22(36-24)23(30)33-3/h4-7,9,14,17-19,22,24,26-29H,8H2,1-3H3/t14-,17-,18-,19+,22-,24+/m0/s1. The third-order valence-corrected chi connectivity index (χ3v) is 6.01. The van der Waals surface area contributed by atoms with Crippen LogP contribution in [0, 0.1) is 0 Å². The summed E-state index contributed by atoms with van der Waals surface area (Å²) >= 11 is 0. The number of ketones is 1. The van der Waals surface area contributed by atoms with Gasteiger partial charge >= 0.3 is 5.97 Å². The number of fused-ring (bicyclic) bond motifs is 1. The second-order valence-electron chi connectivity index (χ2n) is 8.18. The van der Waals surface area contributed by atoms with E-state index in [1.165, 1.54) is 14.2 Å². The summed E-state index contributed by atoms with van der Waals surface area (Å²) in [6.07, 6.45) is -9.54. The van der Waals surface area contributed by atoms with Gasteiger partial charge in [-0.25, -0.2) is 4.79 Å².